The summed E-state index contributed by atoms with van der Waals surface area (Å²) in [5.41, 5.74) is 0. The summed E-state index contributed by atoms with van der Waals surface area (Å²) in [5, 5.41) is 36.7. The van der Waals surface area contributed by atoms with Crippen LogP contribution in [-0.2, 0) is 0 Å². The highest BCUT2D eigenvalue weighted by Gasteiger charge is 1.95. The molecule has 4 heteroatoms. The van der Waals surface area contributed by atoms with Crippen LogP contribution in [0.3, 0.4) is 0 Å². The highest BCUT2D eigenvalue weighted by atomic mass is 16.3. The van der Waals surface area contributed by atoms with E-state index in [0.717, 1.165) is 35.8 Å². The van der Waals surface area contributed by atoms with Gasteiger partial charge in [0, 0.05) is 25.0 Å². The van der Waals surface area contributed by atoms with Gasteiger partial charge in [0.25, 0.3) is 0 Å². The summed E-state index contributed by atoms with van der Waals surface area (Å²) >= 11 is 0. The van der Waals surface area contributed by atoms with Crippen molar-refractivity contribution in [3.63, 3.8) is 0 Å². The number of benzene rings is 4. The van der Waals surface area contributed by atoms with Gasteiger partial charge in [0.2, 0.25) is 0 Å². The Balaban J connectivity index is 0.000000219. The first-order valence-corrected chi connectivity index (χ1v) is 7.98. The lowest BCUT2D eigenvalue weighted by atomic mass is 10.1. The Morgan fingerprint density at radius 2 is 0.731 bits per heavy atom. The topological polar surface area (TPSA) is 80.9 Å². The minimum Gasteiger partial charge on any atom is -0.507 e. The molecule has 0 atom stereocenters. The van der Waals surface area contributed by atoms with E-state index in [0.29, 0.717) is 11.5 Å². The summed E-state index contributed by atoms with van der Waals surface area (Å²) < 4.78 is 0. The zero-order valence-corrected chi connectivity index (χ0v) is 14.9. The van der Waals surface area contributed by atoms with Crippen LogP contribution in [0.25, 0.3) is 21.5 Å². The van der Waals surface area contributed by atoms with E-state index in [1.807, 2.05) is 72.8 Å². The van der Waals surface area contributed by atoms with Gasteiger partial charge >= 0.3 is 0 Å². The Kier molecular flexibility index (Phi) is 9.25. The SMILES string of the molecule is CO.CO.Oc1cccc2ccccc12.Oc1cccc2ccccc12. The molecule has 0 radical (unpaired) electrons. The number of aromatic hydroxyl groups is 2. The number of rotatable bonds is 0. The molecule has 0 aliphatic carbocycles. The standard InChI is InChI=1S/2C10H8O.2CH4O/c2*11-10-7-3-5-8-4-1-2-6-9(8)10;2*1-2/h2*1-7,11H;2*2H,1H3. The Hall–Kier alpha value is -3.08. The molecule has 4 rings (SSSR count). The summed E-state index contributed by atoms with van der Waals surface area (Å²) in [7, 11) is 2.00. The fourth-order valence-electron chi connectivity index (χ4n) is 2.42. The Morgan fingerprint density at radius 3 is 1.08 bits per heavy atom. The Morgan fingerprint density at radius 1 is 0.423 bits per heavy atom. The average Bonchev–Trinajstić information content (AvgIpc) is 2.72. The van der Waals surface area contributed by atoms with E-state index in [-0.39, 0.29) is 0 Å². The monoisotopic (exact) mass is 352 g/mol. The lowest BCUT2D eigenvalue weighted by Gasteiger charge is -1.97. The molecule has 0 aromatic heterocycles. The molecule has 0 aliphatic rings. The van der Waals surface area contributed by atoms with Gasteiger partial charge in [-0.3, -0.25) is 0 Å². The normalized spacial score (nSPS) is 9.08. The maximum Gasteiger partial charge on any atom is 0.123 e. The number of hydrogen-bond acceptors (Lipinski definition) is 4. The van der Waals surface area contributed by atoms with Crippen molar-refractivity contribution in [2.24, 2.45) is 0 Å². The molecule has 0 saturated heterocycles. The van der Waals surface area contributed by atoms with Crippen LogP contribution in [0, 0.1) is 0 Å². The van der Waals surface area contributed by atoms with Gasteiger partial charge in [-0.05, 0) is 22.9 Å². The minimum atomic E-state index is 0.350. The van der Waals surface area contributed by atoms with Crippen molar-refractivity contribution in [1.82, 2.24) is 0 Å². The molecule has 0 fully saturated rings. The molecule has 0 spiro atoms. The van der Waals surface area contributed by atoms with Gasteiger partial charge in [-0.1, -0.05) is 72.8 Å². The third-order valence-corrected chi connectivity index (χ3v) is 3.53. The van der Waals surface area contributed by atoms with Crippen molar-refractivity contribution < 1.29 is 20.4 Å². The maximum absolute atomic E-state index is 9.37. The van der Waals surface area contributed by atoms with E-state index in [1.165, 1.54) is 0 Å². The van der Waals surface area contributed by atoms with Gasteiger partial charge in [0.05, 0.1) is 0 Å². The van der Waals surface area contributed by atoms with Gasteiger partial charge in [0.1, 0.15) is 11.5 Å². The fraction of sp³-hybridized carbons (Fsp3) is 0.0909. The van der Waals surface area contributed by atoms with E-state index in [9.17, 15) is 10.2 Å². The van der Waals surface area contributed by atoms with Crippen molar-refractivity contribution >= 4 is 21.5 Å². The third-order valence-electron chi connectivity index (χ3n) is 3.53. The number of aliphatic hydroxyl groups is 2. The number of fused-ring (bicyclic) bond motifs is 2. The second-order valence-corrected chi connectivity index (χ2v) is 5.00. The van der Waals surface area contributed by atoms with Crippen LogP contribution in [-0.4, -0.2) is 34.6 Å². The second kappa shape index (κ2) is 11.5. The lowest BCUT2D eigenvalue weighted by molar-refractivity contribution is 0.399. The molecule has 0 aliphatic heterocycles. The summed E-state index contributed by atoms with van der Waals surface area (Å²) in [6, 6.07) is 26.6. The van der Waals surface area contributed by atoms with Crippen LogP contribution >= 0.6 is 0 Å². The van der Waals surface area contributed by atoms with Crippen molar-refractivity contribution in [2.45, 2.75) is 0 Å². The van der Waals surface area contributed by atoms with E-state index in [4.69, 9.17) is 10.2 Å². The number of phenolic OH excluding ortho intramolecular Hbond substituents is 2. The summed E-state index contributed by atoms with van der Waals surface area (Å²) in [5.74, 6) is 0.700. The van der Waals surface area contributed by atoms with Gasteiger partial charge in [0.15, 0.2) is 0 Å². The molecule has 0 bridgehead atoms. The lowest BCUT2D eigenvalue weighted by Crippen LogP contribution is -1.70. The van der Waals surface area contributed by atoms with Crippen LogP contribution in [0.15, 0.2) is 84.9 Å². The molecule has 0 amide bonds. The molecule has 4 aromatic carbocycles. The van der Waals surface area contributed by atoms with Gasteiger partial charge in [-0.25, -0.2) is 0 Å². The highest BCUT2D eigenvalue weighted by Crippen LogP contribution is 2.23. The van der Waals surface area contributed by atoms with Crippen molar-refractivity contribution in [3.05, 3.63) is 84.9 Å². The quantitative estimate of drug-likeness (QED) is 0.380. The molecular weight excluding hydrogens is 328 g/mol. The zero-order valence-electron chi connectivity index (χ0n) is 14.9. The molecule has 0 unspecified atom stereocenters. The molecular formula is C22H24O4. The maximum atomic E-state index is 9.37. The van der Waals surface area contributed by atoms with E-state index in [2.05, 4.69) is 0 Å². The fourth-order valence-corrected chi connectivity index (χ4v) is 2.42. The molecule has 0 saturated carbocycles. The first kappa shape index (κ1) is 21.0. The van der Waals surface area contributed by atoms with Crippen LogP contribution in [0.2, 0.25) is 0 Å². The number of phenols is 2. The van der Waals surface area contributed by atoms with Crippen molar-refractivity contribution in [3.8, 4) is 11.5 Å². The third kappa shape index (κ3) is 5.48. The molecule has 136 valence electrons. The Bertz CT molecular complexity index is 832. The van der Waals surface area contributed by atoms with E-state index >= 15 is 0 Å². The van der Waals surface area contributed by atoms with Crippen LogP contribution in [0.5, 0.6) is 11.5 Å². The van der Waals surface area contributed by atoms with Gasteiger partial charge < -0.3 is 20.4 Å². The van der Waals surface area contributed by atoms with Crippen LogP contribution < -0.4 is 0 Å². The molecule has 4 aromatic rings. The average molecular weight is 352 g/mol. The molecule has 0 heterocycles. The van der Waals surface area contributed by atoms with Gasteiger partial charge in [-0.15, -0.1) is 0 Å². The minimum absolute atomic E-state index is 0.350. The number of hydrogen-bond donors (Lipinski definition) is 4. The molecule has 4 nitrogen and oxygen atoms in total. The first-order chi connectivity index (χ1) is 12.8. The predicted octanol–water partition coefficient (Wildman–Crippen LogP) is 4.31. The van der Waals surface area contributed by atoms with Crippen LogP contribution in [0.4, 0.5) is 0 Å². The van der Waals surface area contributed by atoms with Gasteiger partial charge in [-0.2, -0.15) is 0 Å². The second-order valence-electron chi connectivity index (χ2n) is 5.00. The molecule has 4 N–H and O–H groups in total. The van der Waals surface area contributed by atoms with Crippen molar-refractivity contribution in [2.75, 3.05) is 14.2 Å². The Labute approximate surface area is 153 Å². The summed E-state index contributed by atoms with van der Waals surface area (Å²) in [6.07, 6.45) is 0. The van der Waals surface area contributed by atoms with E-state index < -0.39 is 0 Å². The zero-order chi connectivity index (χ0) is 19.4. The predicted molar refractivity (Wildman–Crippen MR) is 108 cm³/mol. The number of aliphatic hydroxyl groups excluding tert-OH is 2. The smallest absolute Gasteiger partial charge is 0.123 e. The largest absolute Gasteiger partial charge is 0.507 e. The summed E-state index contributed by atoms with van der Waals surface area (Å²) in [6.45, 7) is 0. The van der Waals surface area contributed by atoms with Crippen molar-refractivity contribution in [1.29, 1.82) is 0 Å². The highest BCUT2D eigenvalue weighted by molar-refractivity contribution is 5.88. The van der Waals surface area contributed by atoms with E-state index in [1.54, 1.807) is 12.1 Å². The molecule has 26 heavy (non-hydrogen) atoms. The van der Waals surface area contributed by atoms with Crippen LogP contribution in [0.1, 0.15) is 0 Å². The summed E-state index contributed by atoms with van der Waals surface area (Å²) in [4.78, 5) is 0. The first-order valence-electron chi connectivity index (χ1n) is 7.98.